The quantitative estimate of drug-likeness (QED) is 0.781. The van der Waals surface area contributed by atoms with Crippen LogP contribution in [0.2, 0.25) is 0 Å². The highest BCUT2D eigenvalue weighted by atomic mass is 32.1. The van der Waals surface area contributed by atoms with Gasteiger partial charge in [-0.2, -0.15) is 4.98 Å². The van der Waals surface area contributed by atoms with Crippen molar-refractivity contribution in [2.75, 3.05) is 19.0 Å². The maximum absolute atomic E-state index is 11.1. The maximum Gasteiger partial charge on any atom is 0.270 e. The zero-order valence-electron chi connectivity index (χ0n) is 16.0. The number of carbonyl (C=O) groups excluding carboxylic acids is 1. The summed E-state index contributed by atoms with van der Waals surface area (Å²) in [4.78, 5) is 19.4. The molecule has 2 aromatic heterocycles. The highest BCUT2D eigenvalue weighted by Crippen LogP contribution is 2.36. The van der Waals surface area contributed by atoms with E-state index in [2.05, 4.69) is 32.6 Å². The summed E-state index contributed by atoms with van der Waals surface area (Å²) in [6.45, 7) is 3.02. The number of amides is 1. The van der Waals surface area contributed by atoms with Gasteiger partial charge in [0.25, 0.3) is 11.8 Å². The molecule has 0 radical (unpaired) electrons. The Bertz CT molecular complexity index is 829. The molecule has 1 aliphatic carbocycles. The molecule has 1 fully saturated rings. The fourth-order valence-electron chi connectivity index (χ4n) is 2.88. The van der Waals surface area contributed by atoms with Crippen LogP contribution in [0.3, 0.4) is 0 Å². The summed E-state index contributed by atoms with van der Waals surface area (Å²) < 4.78 is 15.1. The highest BCUT2D eigenvalue weighted by molar-refractivity contribution is 7.09. The van der Waals surface area contributed by atoms with E-state index >= 15 is 0 Å². The molecule has 1 aliphatic heterocycles. The Morgan fingerprint density at radius 3 is 3.11 bits per heavy atom. The van der Waals surface area contributed by atoms with Gasteiger partial charge in [-0.25, -0.2) is 4.98 Å². The van der Waals surface area contributed by atoms with E-state index in [1.807, 2.05) is 18.5 Å². The molecule has 3 heterocycles. The lowest BCUT2D eigenvalue weighted by molar-refractivity contribution is -0.116. The zero-order chi connectivity index (χ0) is 19.8. The number of aromatic nitrogens is 3. The summed E-state index contributed by atoms with van der Waals surface area (Å²) in [5.41, 5.74) is 1.37. The molecule has 0 aromatic carbocycles. The van der Waals surface area contributed by atoms with E-state index in [9.17, 15) is 4.79 Å². The van der Waals surface area contributed by atoms with Crippen LogP contribution in [0.4, 0.5) is 5.95 Å². The molecule has 0 spiro atoms. The van der Waals surface area contributed by atoms with Crippen molar-refractivity contribution in [1.29, 1.82) is 0 Å². The Labute approximate surface area is 167 Å². The minimum atomic E-state index is -0.114. The number of allylic oxidation sites excluding steroid dienone is 3. The van der Waals surface area contributed by atoms with Gasteiger partial charge in [-0.15, -0.1) is 11.3 Å². The van der Waals surface area contributed by atoms with Gasteiger partial charge in [0.15, 0.2) is 0 Å². The van der Waals surface area contributed by atoms with Crippen LogP contribution in [0, 0.1) is 0 Å². The number of nitrogens with zero attached hydrogens (tertiary/aromatic N) is 3. The number of ether oxygens (including phenoxy) is 2. The third-order valence-electron chi connectivity index (χ3n) is 4.14. The number of hydrogen-bond acceptors (Lipinski definition) is 8. The van der Waals surface area contributed by atoms with E-state index in [0.29, 0.717) is 18.2 Å². The molecule has 150 valence electrons. The molecule has 9 heteroatoms. The summed E-state index contributed by atoms with van der Waals surface area (Å²) in [5.74, 6) is 2.01. The Balaban J connectivity index is 0.000000161. The Morgan fingerprint density at radius 2 is 2.36 bits per heavy atom. The third kappa shape index (κ3) is 5.49. The number of fused-ring (bicyclic) bond motifs is 1. The molecule has 1 atom stereocenters. The van der Waals surface area contributed by atoms with E-state index in [0.717, 1.165) is 31.6 Å². The molecule has 2 aromatic rings. The lowest BCUT2D eigenvalue weighted by atomic mass is 9.95. The van der Waals surface area contributed by atoms with Crippen LogP contribution in [0.15, 0.2) is 39.6 Å². The van der Waals surface area contributed by atoms with Crippen molar-refractivity contribution >= 4 is 23.2 Å². The van der Waals surface area contributed by atoms with Crippen molar-refractivity contribution in [3.05, 3.63) is 46.0 Å². The van der Waals surface area contributed by atoms with Crippen LogP contribution in [0.5, 0.6) is 0 Å². The van der Waals surface area contributed by atoms with Gasteiger partial charge in [-0.1, -0.05) is 13.0 Å². The first kappa shape index (κ1) is 20.2. The molecule has 0 bridgehead atoms. The first-order valence-corrected chi connectivity index (χ1v) is 10.1. The Morgan fingerprint density at radius 1 is 1.46 bits per heavy atom. The second kappa shape index (κ2) is 10.1. The lowest BCUT2D eigenvalue weighted by Crippen LogP contribution is -2.11. The topological polar surface area (TPSA) is 99.4 Å². The van der Waals surface area contributed by atoms with Gasteiger partial charge in [0, 0.05) is 37.4 Å². The van der Waals surface area contributed by atoms with Crippen LogP contribution in [0.1, 0.15) is 49.4 Å². The SMILES string of the molecule is C1=C2CCOC2=CCC1c1nccs1.CCCC(=O)Nc1noc(COC)n1. The monoisotopic (exact) mass is 404 g/mol. The van der Waals surface area contributed by atoms with Crippen molar-refractivity contribution < 1.29 is 18.8 Å². The van der Waals surface area contributed by atoms with E-state index in [1.165, 1.54) is 17.7 Å². The van der Waals surface area contributed by atoms with Gasteiger partial charge in [-0.05, 0) is 29.6 Å². The van der Waals surface area contributed by atoms with Gasteiger partial charge in [0.2, 0.25) is 5.91 Å². The highest BCUT2D eigenvalue weighted by Gasteiger charge is 2.23. The lowest BCUT2D eigenvalue weighted by Gasteiger charge is -2.14. The number of nitrogens with one attached hydrogen (secondary N) is 1. The van der Waals surface area contributed by atoms with E-state index < -0.39 is 0 Å². The van der Waals surface area contributed by atoms with Gasteiger partial charge >= 0.3 is 0 Å². The maximum atomic E-state index is 11.1. The molecule has 4 rings (SSSR count). The number of hydrogen-bond donors (Lipinski definition) is 1. The zero-order valence-corrected chi connectivity index (χ0v) is 16.8. The summed E-state index contributed by atoms with van der Waals surface area (Å²) in [7, 11) is 1.53. The Hall–Kier alpha value is -2.52. The first-order chi connectivity index (χ1) is 13.7. The fourth-order valence-corrected chi connectivity index (χ4v) is 3.60. The van der Waals surface area contributed by atoms with E-state index in [1.54, 1.807) is 11.3 Å². The number of carbonyl (C=O) groups is 1. The second-order valence-corrected chi connectivity index (χ2v) is 7.24. The van der Waals surface area contributed by atoms with Crippen molar-refractivity contribution in [3.63, 3.8) is 0 Å². The van der Waals surface area contributed by atoms with Crippen molar-refractivity contribution in [3.8, 4) is 0 Å². The Kier molecular flexibility index (Phi) is 7.32. The van der Waals surface area contributed by atoms with Crippen LogP contribution in [0.25, 0.3) is 0 Å². The normalized spacial score (nSPS) is 17.6. The number of thiazole rings is 1. The largest absolute Gasteiger partial charge is 0.493 e. The third-order valence-corrected chi connectivity index (χ3v) is 5.05. The predicted octanol–water partition coefficient (Wildman–Crippen LogP) is 3.82. The van der Waals surface area contributed by atoms with Crippen molar-refractivity contribution in [2.24, 2.45) is 0 Å². The molecule has 1 N–H and O–H groups in total. The van der Waals surface area contributed by atoms with Gasteiger partial charge in [0.1, 0.15) is 12.4 Å². The smallest absolute Gasteiger partial charge is 0.270 e. The molecule has 1 amide bonds. The molecule has 28 heavy (non-hydrogen) atoms. The summed E-state index contributed by atoms with van der Waals surface area (Å²) in [6.07, 6.45) is 9.74. The molecule has 1 unspecified atom stereocenters. The predicted molar refractivity (Wildman–Crippen MR) is 105 cm³/mol. The average molecular weight is 404 g/mol. The molecule has 2 aliphatic rings. The number of rotatable bonds is 6. The second-order valence-electron chi connectivity index (χ2n) is 6.31. The summed E-state index contributed by atoms with van der Waals surface area (Å²) in [6, 6.07) is 0. The number of anilines is 1. The fraction of sp³-hybridized carbons (Fsp3) is 0.474. The summed E-state index contributed by atoms with van der Waals surface area (Å²) in [5, 5.41) is 9.33. The number of methoxy groups -OCH3 is 1. The minimum Gasteiger partial charge on any atom is -0.493 e. The van der Waals surface area contributed by atoms with Gasteiger partial charge in [0.05, 0.1) is 11.6 Å². The van der Waals surface area contributed by atoms with Crippen molar-refractivity contribution in [1.82, 2.24) is 15.1 Å². The minimum absolute atomic E-state index is 0.114. The van der Waals surface area contributed by atoms with E-state index in [-0.39, 0.29) is 18.5 Å². The van der Waals surface area contributed by atoms with Gasteiger partial charge < -0.3 is 14.0 Å². The summed E-state index contributed by atoms with van der Waals surface area (Å²) >= 11 is 1.74. The molecule has 1 saturated heterocycles. The molecule has 8 nitrogen and oxygen atoms in total. The average Bonchev–Trinajstić information content (AvgIpc) is 3.44. The van der Waals surface area contributed by atoms with Crippen LogP contribution >= 0.6 is 11.3 Å². The van der Waals surface area contributed by atoms with Crippen LogP contribution in [-0.4, -0.2) is 34.7 Å². The molecular weight excluding hydrogens is 380 g/mol. The molecule has 0 saturated carbocycles. The van der Waals surface area contributed by atoms with Crippen LogP contribution < -0.4 is 5.32 Å². The van der Waals surface area contributed by atoms with Crippen molar-refractivity contribution in [2.45, 2.75) is 45.1 Å². The van der Waals surface area contributed by atoms with Crippen LogP contribution in [-0.2, 0) is 20.9 Å². The van der Waals surface area contributed by atoms with Gasteiger partial charge in [-0.3, -0.25) is 10.1 Å². The molecular formula is C19H24N4O4S. The standard InChI is InChI=1S/C11H11NOS.C8H13N3O3/c1-2-10-8(3-5-13-10)7-9(1)11-12-4-6-14-11;1-3-4-6(12)9-8-10-7(5-13-2)14-11-8/h2,4,6-7,9H,1,3,5H2;3-5H2,1-2H3,(H,9,11,12). The first-order valence-electron chi connectivity index (χ1n) is 9.24. The van der Waals surface area contributed by atoms with E-state index in [4.69, 9.17) is 14.0 Å².